The Balaban J connectivity index is 1.76. The Bertz CT molecular complexity index is 1440. The predicted octanol–water partition coefficient (Wildman–Crippen LogP) is 7.45. The monoisotopic (exact) mass is 411 g/mol. The molecule has 0 N–H and O–H groups in total. The fraction of sp³-hybridized carbons (Fsp3) is 0. The van der Waals surface area contributed by atoms with E-state index in [1.165, 1.54) is 21.8 Å². The summed E-state index contributed by atoms with van der Waals surface area (Å²) >= 11 is 3.68. The molecule has 0 spiro atoms. The molecule has 0 saturated carbocycles. The van der Waals surface area contributed by atoms with Crippen molar-refractivity contribution in [3.05, 3.63) is 89.4 Å². The van der Waals surface area contributed by atoms with Gasteiger partial charge in [0.05, 0.1) is 11.0 Å². The smallest absolute Gasteiger partial charge is 0.136 e. The number of hydrogen-bond acceptors (Lipinski definition) is 1. The SMILES string of the molecule is Brc1cccc2oc3ccc(-n4c5ccccc5c5ccccc54)cc3c12. The van der Waals surface area contributed by atoms with Crippen LogP contribution in [0.4, 0.5) is 0 Å². The van der Waals surface area contributed by atoms with E-state index in [9.17, 15) is 0 Å². The largest absolute Gasteiger partial charge is 0.456 e. The molecule has 4 aromatic carbocycles. The number of aromatic nitrogens is 1. The highest BCUT2D eigenvalue weighted by Gasteiger charge is 2.14. The minimum absolute atomic E-state index is 0.902. The Labute approximate surface area is 163 Å². The van der Waals surface area contributed by atoms with Crippen molar-refractivity contribution in [1.29, 1.82) is 0 Å². The number of furan rings is 1. The van der Waals surface area contributed by atoms with Gasteiger partial charge in [-0.15, -0.1) is 0 Å². The lowest BCUT2D eigenvalue weighted by molar-refractivity contribution is 0.669. The Morgan fingerprint density at radius 1 is 0.630 bits per heavy atom. The fourth-order valence-corrected chi connectivity index (χ4v) is 4.67. The van der Waals surface area contributed by atoms with E-state index in [1.807, 2.05) is 12.1 Å². The van der Waals surface area contributed by atoms with E-state index in [4.69, 9.17) is 4.42 Å². The Kier molecular flexibility index (Phi) is 3.06. The standard InChI is InChI=1S/C24H14BrNO/c25-19-8-5-11-23-24(19)18-14-15(12-13-22(18)27-23)26-20-9-3-1-6-16(20)17-7-2-4-10-21(17)26/h1-14H. The molecule has 3 heteroatoms. The summed E-state index contributed by atoms with van der Waals surface area (Å²) in [5.41, 5.74) is 5.37. The average molecular weight is 412 g/mol. The van der Waals surface area contributed by atoms with Crippen molar-refractivity contribution >= 4 is 59.7 Å². The number of nitrogens with zero attached hydrogens (tertiary/aromatic N) is 1. The van der Waals surface area contributed by atoms with Crippen molar-refractivity contribution in [2.75, 3.05) is 0 Å². The van der Waals surface area contributed by atoms with Gasteiger partial charge in [-0.25, -0.2) is 0 Å². The van der Waals surface area contributed by atoms with Crippen LogP contribution in [0.5, 0.6) is 0 Å². The third-order valence-corrected chi connectivity index (χ3v) is 5.93. The topological polar surface area (TPSA) is 18.1 Å². The van der Waals surface area contributed by atoms with Crippen LogP contribution in [0, 0.1) is 0 Å². The van der Waals surface area contributed by atoms with Gasteiger partial charge in [0.2, 0.25) is 0 Å². The van der Waals surface area contributed by atoms with Gasteiger partial charge < -0.3 is 8.98 Å². The zero-order chi connectivity index (χ0) is 18.0. The molecule has 128 valence electrons. The number of hydrogen-bond donors (Lipinski definition) is 0. The molecule has 0 saturated heterocycles. The molecular weight excluding hydrogens is 398 g/mol. The average Bonchev–Trinajstić information content (AvgIpc) is 3.24. The van der Waals surface area contributed by atoms with Gasteiger partial charge in [-0.1, -0.05) is 58.4 Å². The second-order valence-electron chi connectivity index (χ2n) is 6.77. The van der Waals surface area contributed by atoms with E-state index in [1.54, 1.807) is 0 Å². The molecule has 0 radical (unpaired) electrons. The van der Waals surface area contributed by atoms with Gasteiger partial charge in [-0.2, -0.15) is 0 Å². The first-order valence-electron chi connectivity index (χ1n) is 8.90. The molecule has 0 aliphatic rings. The molecule has 0 aliphatic heterocycles. The zero-order valence-electron chi connectivity index (χ0n) is 14.3. The highest BCUT2D eigenvalue weighted by molar-refractivity contribution is 9.10. The van der Waals surface area contributed by atoms with Gasteiger partial charge in [0.1, 0.15) is 11.2 Å². The van der Waals surface area contributed by atoms with Gasteiger partial charge in [0.15, 0.2) is 0 Å². The molecule has 0 aliphatic carbocycles. The third-order valence-electron chi connectivity index (χ3n) is 5.27. The van der Waals surface area contributed by atoms with E-state index < -0.39 is 0 Å². The predicted molar refractivity (Wildman–Crippen MR) is 116 cm³/mol. The maximum atomic E-state index is 6.04. The molecule has 27 heavy (non-hydrogen) atoms. The molecule has 0 fully saturated rings. The Morgan fingerprint density at radius 2 is 1.33 bits per heavy atom. The normalized spacial score (nSPS) is 11.9. The van der Waals surface area contributed by atoms with Gasteiger partial charge in [-0.05, 0) is 42.5 Å². The van der Waals surface area contributed by atoms with E-state index in [0.29, 0.717) is 0 Å². The molecule has 2 nitrogen and oxygen atoms in total. The van der Waals surface area contributed by atoms with Gasteiger partial charge in [0, 0.05) is 31.7 Å². The van der Waals surface area contributed by atoms with E-state index >= 15 is 0 Å². The maximum absolute atomic E-state index is 6.04. The fourth-order valence-electron chi connectivity index (χ4n) is 4.11. The summed E-state index contributed by atoms with van der Waals surface area (Å²) in [6, 6.07) is 29.7. The molecule has 0 bridgehead atoms. The molecule has 0 atom stereocenters. The highest BCUT2D eigenvalue weighted by Crippen LogP contribution is 2.37. The Hall–Kier alpha value is -3.04. The van der Waals surface area contributed by atoms with Gasteiger partial charge in [-0.3, -0.25) is 0 Å². The van der Waals surface area contributed by atoms with E-state index in [2.05, 4.69) is 93.3 Å². The third kappa shape index (κ3) is 2.06. The highest BCUT2D eigenvalue weighted by atomic mass is 79.9. The van der Waals surface area contributed by atoms with Crippen molar-refractivity contribution in [3.8, 4) is 5.69 Å². The summed E-state index contributed by atoms with van der Waals surface area (Å²) in [5.74, 6) is 0. The summed E-state index contributed by atoms with van der Waals surface area (Å²) in [5, 5.41) is 4.78. The molecule has 2 heterocycles. The van der Waals surface area contributed by atoms with E-state index in [-0.39, 0.29) is 0 Å². The second kappa shape index (κ2) is 5.48. The maximum Gasteiger partial charge on any atom is 0.136 e. The Morgan fingerprint density at radius 3 is 2.07 bits per heavy atom. The molecule has 6 aromatic rings. The van der Waals surface area contributed by atoms with Crippen LogP contribution in [0.2, 0.25) is 0 Å². The van der Waals surface area contributed by atoms with Crippen LogP contribution >= 0.6 is 15.9 Å². The molecule has 6 rings (SSSR count). The lowest BCUT2D eigenvalue weighted by Gasteiger charge is -2.08. The molecule has 0 unspecified atom stereocenters. The summed E-state index contributed by atoms with van der Waals surface area (Å²) in [6.07, 6.45) is 0. The first-order valence-corrected chi connectivity index (χ1v) is 9.70. The minimum Gasteiger partial charge on any atom is -0.456 e. The van der Waals surface area contributed by atoms with Gasteiger partial charge in [0.25, 0.3) is 0 Å². The second-order valence-corrected chi connectivity index (χ2v) is 7.62. The lowest BCUT2D eigenvalue weighted by atomic mass is 10.1. The number of rotatable bonds is 1. The van der Waals surface area contributed by atoms with Crippen LogP contribution in [0.1, 0.15) is 0 Å². The summed E-state index contributed by atoms with van der Waals surface area (Å²) in [7, 11) is 0. The number of para-hydroxylation sites is 2. The van der Waals surface area contributed by atoms with Gasteiger partial charge >= 0.3 is 0 Å². The van der Waals surface area contributed by atoms with Crippen LogP contribution < -0.4 is 0 Å². The van der Waals surface area contributed by atoms with Crippen molar-refractivity contribution in [1.82, 2.24) is 4.57 Å². The molecular formula is C24H14BrNO. The van der Waals surface area contributed by atoms with Crippen LogP contribution in [0.15, 0.2) is 93.8 Å². The van der Waals surface area contributed by atoms with E-state index in [0.717, 1.165) is 32.1 Å². The first-order chi connectivity index (χ1) is 13.3. The summed E-state index contributed by atoms with van der Waals surface area (Å²) in [4.78, 5) is 0. The number of benzene rings is 4. The van der Waals surface area contributed by atoms with Crippen LogP contribution in [-0.2, 0) is 0 Å². The van der Waals surface area contributed by atoms with Crippen LogP contribution in [-0.4, -0.2) is 4.57 Å². The number of halogens is 1. The van der Waals surface area contributed by atoms with Crippen molar-refractivity contribution in [2.24, 2.45) is 0 Å². The first kappa shape index (κ1) is 15.1. The lowest BCUT2D eigenvalue weighted by Crippen LogP contribution is -1.93. The number of fused-ring (bicyclic) bond motifs is 6. The van der Waals surface area contributed by atoms with Crippen molar-refractivity contribution < 1.29 is 4.42 Å². The quantitative estimate of drug-likeness (QED) is 0.274. The van der Waals surface area contributed by atoms with Crippen molar-refractivity contribution in [3.63, 3.8) is 0 Å². The molecule has 2 aromatic heterocycles. The van der Waals surface area contributed by atoms with Crippen molar-refractivity contribution in [2.45, 2.75) is 0 Å². The zero-order valence-corrected chi connectivity index (χ0v) is 15.9. The van der Waals surface area contributed by atoms with Crippen LogP contribution in [0.3, 0.4) is 0 Å². The van der Waals surface area contributed by atoms with Crippen LogP contribution in [0.25, 0.3) is 49.4 Å². The molecule has 0 amide bonds. The minimum atomic E-state index is 0.902. The summed E-state index contributed by atoms with van der Waals surface area (Å²) < 4.78 is 9.43. The summed E-state index contributed by atoms with van der Waals surface area (Å²) in [6.45, 7) is 0.